The van der Waals surface area contributed by atoms with E-state index in [9.17, 15) is 8.42 Å². The van der Waals surface area contributed by atoms with Gasteiger partial charge in [-0.1, -0.05) is 36.8 Å². The van der Waals surface area contributed by atoms with Crippen LogP contribution >= 0.6 is 0 Å². The molecule has 1 aromatic rings. The zero-order chi connectivity index (χ0) is 17.3. The van der Waals surface area contributed by atoms with Crippen molar-refractivity contribution in [1.29, 1.82) is 0 Å². The van der Waals surface area contributed by atoms with Gasteiger partial charge in [-0.2, -0.15) is 0 Å². The topological polar surface area (TPSA) is 34.1 Å². The Morgan fingerprint density at radius 3 is 1.77 bits per heavy atom. The van der Waals surface area contributed by atoms with Gasteiger partial charge in [0.25, 0.3) is 0 Å². The third-order valence-corrected chi connectivity index (χ3v) is 4.71. The summed E-state index contributed by atoms with van der Waals surface area (Å²) >= 11 is 0. The number of sulfone groups is 1. The van der Waals surface area contributed by atoms with Crippen molar-refractivity contribution in [2.45, 2.75) is 19.6 Å². The van der Waals surface area contributed by atoms with E-state index in [2.05, 4.69) is 0 Å². The normalized spacial score (nSPS) is 10.1. The van der Waals surface area contributed by atoms with Crippen LogP contribution in [0.25, 0.3) is 0 Å². The Bertz CT molecular complexity index is 510. The highest BCUT2D eigenvalue weighted by Gasteiger charge is 2.18. The monoisotopic (exact) mass is 297 g/mol. The predicted molar refractivity (Wildman–Crippen MR) is 106 cm³/mol. The highest BCUT2D eigenvalue weighted by atomic mass is 32.2. The van der Waals surface area contributed by atoms with Gasteiger partial charge in [0.1, 0.15) is 0 Å². The summed E-state index contributed by atoms with van der Waals surface area (Å²) in [6, 6.07) is 7.59. The van der Waals surface area contributed by atoms with Gasteiger partial charge < -0.3 is 0 Å². The number of hydrogen-bond acceptors (Lipinski definition) is 2. The van der Waals surface area contributed by atoms with E-state index >= 15 is 0 Å². The van der Waals surface area contributed by atoms with Crippen LogP contribution in [0.1, 0.15) is 18.1 Å². The van der Waals surface area contributed by atoms with Crippen molar-refractivity contribution in [3.63, 3.8) is 0 Å². The van der Waals surface area contributed by atoms with Crippen molar-refractivity contribution < 1.29 is 8.42 Å². The standard InChI is InChI=1S/C10H14O2S.B9/c1-3-13(11,12)8-10-6-4-9(2)5-7-10;1-6-9(7(2)3)8(4)5/h4-7H,3,8H2,1-2H3;. The van der Waals surface area contributed by atoms with Crippen LogP contribution in [-0.4, -0.2) is 79.1 Å². The molecule has 0 bridgehead atoms. The largest absolute Gasteiger partial charge is 0.229 e. The van der Waals surface area contributed by atoms with E-state index in [1.165, 1.54) is 7.06 Å². The van der Waals surface area contributed by atoms with Crippen molar-refractivity contribution in [1.82, 2.24) is 0 Å². The molecule has 0 saturated carbocycles. The summed E-state index contributed by atoms with van der Waals surface area (Å²) in [5, 5.41) is 0. The highest BCUT2D eigenvalue weighted by Crippen LogP contribution is 2.07. The van der Waals surface area contributed by atoms with E-state index in [0.717, 1.165) is 11.1 Å². The Balaban J connectivity index is 0.000000433. The summed E-state index contributed by atoms with van der Waals surface area (Å²) in [5.74, 6) is 0.366. The van der Waals surface area contributed by atoms with Crippen molar-refractivity contribution in [3.05, 3.63) is 35.4 Å². The minimum absolute atomic E-state index is 0.157. The molecule has 0 aliphatic rings. The molecule has 0 amide bonds. The maximum Gasteiger partial charge on any atom is 0.154 e. The number of rotatable bonds is 6. The molecule has 0 aromatic heterocycles. The molecule has 0 atom stereocenters. The molecule has 0 unspecified atom stereocenters. The van der Waals surface area contributed by atoms with Crippen LogP contribution in [0, 0.1) is 6.92 Å². The number of hydrogen-bond donors (Lipinski definition) is 0. The molecule has 1 aromatic carbocycles. The molecule has 0 aliphatic carbocycles. The molecule has 12 heteroatoms. The van der Waals surface area contributed by atoms with Crippen LogP contribution in [0.4, 0.5) is 0 Å². The van der Waals surface area contributed by atoms with Crippen LogP contribution in [0.5, 0.6) is 0 Å². The van der Waals surface area contributed by atoms with Gasteiger partial charge in [-0.15, -0.1) is 0 Å². The van der Waals surface area contributed by atoms with E-state index in [1.807, 2.05) is 31.2 Å². The summed E-state index contributed by atoms with van der Waals surface area (Å²) in [6.07, 6.45) is -1.46. The van der Waals surface area contributed by atoms with Gasteiger partial charge in [0, 0.05) is 70.7 Å². The van der Waals surface area contributed by atoms with Gasteiger partial charge in [0.2, 0.25) is 0 Å². The minimum atomic E-state index is -2.89. The van der Waals surface area contributed by atoms with Gasteiger partial charge in [0.15, 0.2) is 9.84 Å². The molecule has 0 fully saturated rings. The van der Waals surface area contributed by atoms with Crippen molar-refractivity contribution in [2.75, 3.05) is 5.75 Å². The van der Waals surface area contributed by atoms with E-state index < -0.39 is 22.6 Å². The van der Waals surface area contributed by atoms with Crippen LogP contribution in [0.3, 0.4) is 0 Å². The van der Waals surface area contributed by atoms with E-state index in [-0.39, 0.29) is 17.9 Å². The fourth-order valence-electron chi connectivity index (χ4n) is 1.55. The fraction of sp³-hybridized carbons (Fsp3) is 0.400. The van der Waals surface area contributed by atoms with Gasteiger partial charge in [0.05, 0.1) is 5.75 Å². The smallest absolute Gasteiger partial charge is 0.154 e. The average molecular weight is 296 g/mol. The molecular formula is C10H14B9O2S. The first-order valence-corrected chi connectivity index (χ1v) is 8.78. The molecule has 0 spiro atoms. The maximum absolute atomic E-state index is 11.3. The first kappa shape index (κ1) is 21.8. The number of benzene rings is 1. The second-order valence-electron chi connectivity index (χ2n) is 5.09. The summed E-state index contributed by atoms with van der Waals surface area (Å²) < 4.78 is 22.5. The molecular weight excluding hydrogens is 281 g/mol. The lowest BCUT2D eigenvalue weighted by molar-refractivity contribution is 0.596. The quantitative estimate of drug-likeness (QED) is 0.599. The Kier molecular flexibility index (Phi) is 10.4. The summed E-state index contributed by atoms with van der Waals surface area (Å²) in [4.78, 5) is 0. The second kappa shape index (κ2) is 10.5. The molecule has 0 N–H and O–H groups in total. The molecule has 0 aliphatic heterocycles. The van der Waals surface area contributed by atoms with E-state index in [1.54, 1.807) is 6.92 Å². The Morgan fingerprint density at radius 1 is 1.05 bits per heavy atom. The van der Waals surface area contributed by atoms with Gasteiger partial charge in [-0.25, -0.2) is 8.42 Å². The molecule has 11 radical (unpaired) electrons. The summed E-state index contributed by atoms with van der Waals surface area (Å²) in [6.45, 7) is 3.65. The molecule has 22 heavy (non-hydrogen) atoms. The van der Waals surface area contributed by atoms with Crippen LogP contribution in [0.15, 0.2) is 24.3 Å². The molecule has 0 saturated heterocycles. The minimum Gasteiger partial charge on any atom is -0.229 e. The lowest BCUT2D eigenvalue weighted by atomic mass is 8.64. The lowest BCUT2D eigenvalue weighted by Gasteiger charge is -2.17. The van der Waals surface area contributed by atoms with Crippen LogP contribution < -0.4 is 0 Å². The average Bonchev–Trinajstić information content (AvgIpc) is 2.42. The van der Waals surface area contributed by atoms with Gasteiger partial charge >= 0.3 is 0 Å². The van der Waals surface area contributed by atoms with Crippen molar-refractivity contribution in [3.8, 4) is 0 Å². The Morgan fingerprint density at radius 2 is 1.50 bits per heavy atom. The number of aryl methyl sites for hydroxylation is 1. The third-order valence-electron chi connectivity index (χ3n) is 3.06. The highest BCUT2D eigenvalue weighted by molar-refractivity contribution is 7.93. The predicted octanol–water partition coefficient (Wildman–Crippen LogP) is -1.50. The van der Waals surface area contributed by atoms with Crippen LogP contribution in [-0.2, 0) is 15.6 Å². The van der Waals surface area contributed by atoms with E-state index in [4.69, 9.17) is 38.7 Å². The third kappa shape index (κ3) is 9.02. The maximum atomic E-state index is 11.3. The van der Waals surface area contributed by atoms with Gasteiger partial charge in [-0.3, -0.25) is 0 Å². The first-order valence-electron chi connectivity index (χ1n) is 6.96. The molecule has 99 valence electrons. The van der Waals surface area contributed by atoms with Crippen LogP contribution in [0.2, 0.25) is 0 Å². The van der Waals surface area contributed by atoms with Crippen molar-refractivity contribution in [2.24, 2.45) is 0 Å². The zero-order valence-electron chi connectivity index (χ0n) is 13.1. The zero-order valence-corrected chi connectivity index (χ0v) is 14.0. The molecule has 1 rings (SSSR count). The Labute approximate surface area is 144 Å². The Hall–Kier alpha value is -0.246. The van der Waals surface area contributed by atoms with E-state index in [0.29, 0.717) is 0 Å². The summed E-state index contributed by atoms with van der Waals surface area (Å²) in [5.41, 5.74) is 2.02. The van der Waals surface area contributed by atoms with Crippen molar-refractivity contribution >= 4 is 74.7 Å². The van der Waals surface area contributed by atoms with Gasteiger partial charge in [-0.05, 0) is 12.5 Å². The summed E-state index contributed by atoms with van der Waals surface area (Å²) in [7, 11) is 24.6. The first-order chi connectivity index (χ1) is 10.1. The molecule has 0 heterocycles. The SMILES string of the molecule is CCS(=O)(=O)Cc1ccc(C)cc1.[B][B]B(B([B])[B])B([B])[B]. The fourth-order valence-corrected chi connectivity index (χ4v) is 2.46. The lowest BCUT2D eigenvalue weighted by Crippen LogP contribution is -2.55. The second-order valence-corrected chi connectivity index (χ2v) is 7.44. The molecule has 2 nitrogen and oxygen atoms in total.